The number of thioether (sulfide) groups is 1. The van der Waals surface area contributed by atoms with Gasteiger partial charge in [0.25, 0.3) is 21.2 Å². The summed E-state index contributed by atoms with van der Waals surface area (Å²) >= 11 is 0.836. The largest absolute Gasteiger partial charge is 0.491 e. The lowest BCUT2D eigenvalue weighted by Gasteiger charge is -2.14. The SMILES string of the molecule is Cc1ccc(S(=O)(=O)n2cc(/C=C3\SC(=O)N(CCOc4cc(C)ccc4C)C3=O)c3ccccc32)cc1. The van der Waals surface area contributed by atoms with Crippen molar-refractivity contribution in [2.75, 3.05) is 13.2 Å². The highest BCUT2D eigenvalue weighted by molar-refractivity contribution is 8.18. The van der Waals surface area contributed by atoms with Crippen molar-refractivity contribution < 1.29 is 22.7 Å². The third kappa shape index (κ3) is 4.87. The number of para-hydroxylation sites is 1. The highest BCUT2D eigenvalue weighted by atomic mass is 32.2. The van der Waals surface area contributed by atoms with E-state index in [4.69, 9.17) is 4.74 Å². The van der Waals surface area contributed by atoms with E-state index in [1.165, 1.54) is 10.2 Å². The average Bonchev–Trinajstić information content (AvgIpc) is 3.39. The quantitative estimate of drug-likeness (QED) is 0.268. The van der Waals surface area contributed by atoms with Gasteiger partial charge in [-0.05, 0) is 74.0 Å². The summed E-state index contributed by atoms with van der Waals surface area (Å²) < 4.78 is 34.0. The van der Waals surface area contributed by atoms with Crippen LogP contribution in [-0.4, -0.2) is 41.6 Å². The fraction of sp³-hybridized carbons (Fsp3) is 0.172. The fourth-order valence-electron chi connectivity index (χ4n) is 4.26. The Labute approximate surface area is 225 Å². The van der Waals surface area contributed by atoms with Crippen molar-refractivity contribution in [1.29, 1.82) is 0 Å². The van der Waals surface area contributed by atoms with Gasteiger partial charge in [0.1, 0.15) is 12.4 Å². The van der Waals surface area contributed by atoms with Crippen molar-refractivity contribution >= 4 is 49.9 Å². The molecule has 0 spiro atoms. The molecule has 0 aliphatic carbocycles. The Morgan fingerprint density at radius 3 is 2.39 bits per heavy atom. The lowest BCUT2D eigenvalue weighted by Crippen LogP contribution is -2.32. The molecular formula is C29H26N2O5S2. The second-order valence-corrected chi connectivity index (χ2v) is 12.0. The fourth-order valence-corrected chi connectivity index (χ4v) is 6.49. The number of amides is 2. The van der Waals surface area contributed by atoms with E-state index in [-0.39, 0.29) is 28.2 Å². The van der Waals surface area contributed by atoms with Crippen LogP contribution in [0.15, 0.2) is 82.7 Å². The molecule has 4 aromatic rings. The molecule has 2 heterocycles. The molecule has 1 aliphatic heterocycles. The molecule has 1 fully saturated rings. The lowest BCUT2D eigenvalue weighted by atomic mass is 10.1. The maximum atomic E-state index is 13.5. The number of ether oxygens (including phenoxy) is 1. The third-order valence-electron chi connectivity index (χ3n) is 6.36. The molecule has 0 saturated carbocycles. The molecule has 1 saturated heterocycles. The number of hydrogen-bond acceptors (Lipinski definition) is 6. The van der Waals surface area contributed by atoms with Crippen molar-refractivity contribution in [3.05, 3.63) is 100 Å². The van der Waals surface area contributed by atoms with Crippen molar-refractivity contribution in [3.8, 4) is 5.75 Å². The number of rotatable bonds is 7. The van der Waals surface area contributed by atoms with Crippen LogP contribution in [0.1, 0.15) is 22.3 Å². The van der Waals surface area contributed by atoms with Gasteiger partial charge in [0.05, 0.1) is 21.9 Å². The Balaban J connectivity index is 1.41. The van der Waals surface area contributed by atoms with E-state index in [0.29, 0.717) is 16.5 Å². The van der Waals surface area contributed by atoms with Crippen molar-refractivity contribution in [1.82, 2.24) is 8.87 Å². The van der Waals surface area contributed by atoms with Crippen LogP contribution < -0.4 is 4.74 Å². The van der Waals surface area contributed by atoms with Crippen molar-refractivity contribution in [3.63, 3.8) is 0 Å². The first-order valence-corrected chi connectivity index (χ1v) is 14.3. The van der Waals surface area contributed by atoms with Gasteiger partial charge in [0.15, 0.2) is 0 Å². The zero-order valence-corrected chi connectivity index (χ0v) is 22.8. The molecule has 0 unspecified atom stereocenters. The predicted molar refractivity (Wildman–Crippen MR) is 150 cm³/mol. The predicted octanol–water partition coefficient (Wildman–Crippen LogP) is 5.92. The molecule has 0 radical (unpaired) electrons. The summed E-state index contributed by atoms with van der Waals surface area (Å²) in [4.78, 5) is 27.3. The first kappa shape index (κ1) is 25.8. The monoisotopic (exact) mass is 546 g/mol. The molecule has 194 valence electrons. The number of nitrogens with zero attached hydrogens (tertiary/aromatic N) is 2. The maximum Gasteiger partial charge on any atom is 0.293 e. The first-order chi connectivity index (χ1) is 18.1. The van der Waals surface area contributed by atoms with E-state index in [2.05, 4.69) is 0 Å². The summed E-state index contributed by atoms with van der Waals surface area (Å²) in [5.41, 5.74) is 4.01. The number of aromatic nitrogens is 1. The highest BCUT2D eigenvalue weighted by Gasteiger charge is 2.35. The summed E-state index contributed by atoms with van der Waals surface area (Å²) in [6.45, 7) is 6.08. The Kier molecular flexibility index (Phi) is 6.90. The van der Waals surface area contributed by atoms with Gasteiger partial charge in [-0.1, -0.05) is 48.0 Å². The molecule has 38 heavy (non-hydrogen) atoms. The standard InChI is InChI=1S/C29H26N2O5S2/c1-19-9-12-23(13-10-19)38(34,35)31-18-22(24-6-4-5-7-25(24)31)17-27-28(32)30(29(33)37-27)14-15-36-26-16-20(2)8-11-21(26)3/h4-13,16-18H,14-15H2,1-3H3/b27-17-. The van der Waals surface area contributed by atoms with Gasteiger partial charge in [-0.15, -0.1) is 0 Å². The Morgan fingerprint density at radius 1 is 0.921 bits per heavy atom. The number of carbonyl (C=O) groups is 2. The van der Waals surface area contributed by atoms with Crippen LogP contribution in [0.4, 0.5) is 4.79 Å². The second kappa shape index (κ2) is 10.2. The minimum Gasteiger partial charge on any atom is -0.491 e. The Hall–Kier alpha value is -3.82. The van der Waals surface area contributed by atoms with E-state index >= 15 is 0 Å². The Morgan fingerprint density at radius 2 is 1.63 bits per heavy atom. The first-order valence-electron chi connectivity index (χ1n) is 12.0. The number of carbonyl (C=O) groups excluding carboxylic acids is 2. The molecule has 1 aliphatic rings. The molecule has 7 nitrogen and oxygen atoms in total. The van der Waals surface area contributed by atoms with Crippen LogP contribution in [0.5, 0.6) is 5.75 Å². The second-order valence-electron chi connectivity index (χ2n) is 9.17. The lowest BCUT2D eigenvalue weighted by molar-refractivity contribution is -0.123. The molecule has 1 aromatic heterocycles. The molecule has 3 aromatic carbocycles. The number of imide groups is 1. The van der Waals surface area contributed by atoms with Gasteiger partial charge >= 0.3 is 0 Å². The van der Waals surface area contributed by atoms with Crippen LogP contribution in [0.25, 0.3) is 17.0 Å². The van der Waals surface area contributed by atoms with Crippen LogP contribution >= 0.6 is 11.8 Å². The maximum absolute atomic E-state index is 13.5. The summed E-state index contributed by atoms with van der Waals surface area (Å²) in [5.74, 6) is 0.290. The van der Waals surface area contributed by atoms with Crippen LogP contribution in [0.2, 0.25) is 0 Å². The van der Waals surface area contributed by atoms with Gasteiger partial charge in [0, 0.05) is 17.1 Å². The molecule has 2 amide bonds. The van der Waals surface area contributed by atoms with Gasteiger partial charge < -0.3 is 4.74 Å². The van der Waals surface area contributed by atoms with Gasteiger partial charge in [-0.3, -0.25) is 14.5 Å². The smallest absolute Gasteiger partial charge is 0.293 e. The highest BCUT2D eigenvalue weighted by Crippen LogP contribution is 2.35. The van der Waals surface area contributed by atoms with E-state index < -0.39 is 15.9 Å². The van der Waals surface area contributed by atoms with Crippen LogP contribution in [0.3, 0.4) is 0 Å². The van der Waals surface area contributed by atoms with Crippen molar-refractivity contribution in [2.45, 2.75) is 25.7 Å². The number of benzene rings is 3. The third-order valence-corrected chi connectivity index (χ3v) is 8.96. The summed E-state index contributed by atoms with van der Waals surface area (Å²) in [7, 11) is -3.87. The van der Waals surface area contributed by atoms with E-state index in [0.717, 1.165) is 39.1 Å². The molecular weight excluding hydrogens is 520 g/mol. The van der Waals surface area contributed by atoms with Crippen LogP contribution in [0, 0.1) is 20.8 Å². The minimum atomic E-state index is -3.87. The topological polar surface area (TPSA) is 85.7 Å². The summed E-state index contributed by atoms with van der Waals surface area (Å²) in [6.07, 6.45) is 3.08. The normalized spacial score (nSPS) is 15.1. The van der Waals surface area contributed by atoms with Gasteiger partial charge in [0.2, 0.25) is 0 Å². The zero-order chi connectivity index (χ0) is 27.0. The molecule has 0 bridgehead atoms. The average molecular weight is 547 g/mol. The number of aryl methyl sites for hydroxylation is 3. The molecule has 9 heteroatoms. The molecule has 0 atom stereocenters. The number of hydrogen-bond donors (Lipinski definition) is 0. The van der Waals surface area contributed by atoms with E-state index in [1.807, 2.05) is 39.0 Å². The summed E-state index contributed by atoms with van der Waals surface area (Å²) in [6, 6.07) is 19.6. The molecule has 5 rings (SSSR count). The van der Waals surface area contributed by atoms with Crippen LogP contribution in [-0.2, 0) is 14.8 Å². The van der Waals surface area contributed by atoms with Crippen molar-refractivity contribution in [2.24, 2.45) is 0 Å². The minimum absolute atomic E-state index is 0.110. The van der Waals surface area contributed by atoms with E-state index in [1.54, 1.807) is 54.6 Å². The zero-order valence-electron chi connectivity index (χ0n) is 21.2. The number of fused-ring (bicyclic) bond motifs is 1. The van der Waals surface area contributed by atoms with E-state index in [9.17, 15) is 18.0 Å². The van der Waals surface area contributed by atoms with Gasteiger partial charge in [-0.2, -0.15) is 0 Å². The Bertz CT molecular complexity index is 1700. The molecule has 0 N–H and O–H groups in total. The van der Waals surface area contributed by atoms with Gasteiger partial charge in [-0.25, -0.2) is 12.4 Å². The summed E-state index contributed by atoms with van der Waals surface area (Å²) in [5, 5.41) is 0.273.